The highest BCUT2D eigenvalue weighted by Crippen LogP contribution is 2.28. The monoisotopic (exact) mass is 364 g/mol. The van der Waals surface area contributed by atoms with E-state index >= 15 is 0 Å². The summed E-state index contributed by atoms with van der Waals surface area (Å²) in [5.74, 6) is 0. The Labute approximate surface area is 150 Å². The van der Waals surface area contributed by atoms with Gasteiger partial charge in [0.05, 0.1) is 11.4 Å². The molecular weight excluding hydrogens is 344 g/mol. The molecule has 0 saturated carbocycles. The quantitative estimate of drug-likeness (QED) is 0.658. The summed E-state index contributed by atoms with van der Waals surface area (Å²) >= 11 is 7.47. The Kier molecular flexibility index (Phi) is 5.10. The minimum atomic E-state index is -0.797. The van der Waals surface area contributed by atoms with Crippen LogP contribution in [0.4, 0.5) is 5.69 Å². The first-order valence-corrected chi connectivity index (χ1v) is 9.03. The van der Waals surface area contributed by atoms with Crippen LogP contribution in [0.2, 0.25) is 4.34 Å². The second-order valence-electron chi connectivity index (χ2n) is 5.83. The van der Waals surface area contributed by atoms with E-state index < -0.39 is 6.23 Å². The fourth-order valence-corrected chi connectivity index (χ4v) is 3.70. The van der Waals surface area contributed by atoms with E-state index in [1.54, 1.807) is 6.20 Å². The van der Waals surface area contributed by atoms with Crippen LogP contribution in [-0.2, 0) is 13.0 Å². The summed E-state index contributed by atoms with van der Waals surface area (Å²) in [5.41, 5.74) is 3.92. The number of thiazole rings is 1. The molecule has 24 heavy (non-hydrogen) atoms. The maximum atomic E-state index is 10.6. The van der Waals surface area contributed by atoms with Crippen molar-refractivity contribution >= 4 is 33.6 Å². The molecule has 3 aromatic rings. The summed E-state index contributed by atoms with van der Waals surface area (Å²) in [6, 6.07) is 8.25. The lowest BCUT2D eigenvalue weighted by molar-refractivity contribution is 0.131. The number of hydrogen-bond acceptors (Lipinski definition) is 5. The number of hydrogen-bond donors (Lipinski definition) is 2. The van der Waals surface area contributed by atoms with Crippen LogP contribution in [0.15, 0.2) is 30.5 Å². The number of aryl methyl sites for hydroxylation is 1. The van der Waals surface area contributed by atoms with Crippen LogP contribution in [0.1, 0.15) is 30.1 Å². The highest BCUT2D eigenvalue weighted by atomic mass is 35.5. The third kappa shape index (κ3) is 3.42. The van der Waals surface area contributed by atoms with Crippen LogP contribution >= 0.6 is 22.9 Å². The van der Waals surface area contributed by atoms with Crippen molar-refractivity contribution in [1.82, 2.24) is 14.7 Å². The Hall–Kier alpha value is -1.60. The van der Waals surface area contributed by atoms with Gasteiger partial charge in [-0.25, -0.2) is 4.98 Å². The maximum Gasteiger partial charge on any atom is 0.195 e. The molecule has 2 N–H and O–H groups in total. The molecule has 1 atom stereocenters. The highest BCUT2D eigenvalue weighted by Gasteiger charge is 2.20. The molecule has 5 nitrogen and oxygen atoms in total. The standard InChI is InChI=1S/C17H21ClN4OS/c1-4-13-15(22-10-14(18)24-17(22)20-13)16(23)19-9-11-5-7-12(8-6-11)21(2)3/h5-8,10,16,19,23H,4,9H2,1-3H3. The smallest absolute Gasteiger partial charge is 0.195 e. The van der Waals surface area contributed by atoms with Gasteiger partial charge in [-0.2, -0.15) is 0 Å². The number of benzene rings is 1. The van der Waals surface area contributed by atoms with Gasteiger partial charge >= 0.3 is 0 Å². The van der Waals surface area contributed by atoms with Crippen LogP contribution < -0.4 is 10.2 Å². The number of halogens is 1. The topological polar surface area (TPSA) is 52.8 Å². The molecular formula is C17H21ClN4OS. The zero-order chi connectivity index (χ0) is 17.3. The van der Waals surface area contributed by atoms with Crippen LogP contribution in [0.25, 0.3) is 4.96 Å². The lowest BCUT2D eigenvalue weighted by atomic mass is 10.2. The van der Waals surface area contributed by atoms with Gasteiger partial charge in [-0.1, -0.05) is 42.0 Å². The molecule has 128 valence electrons. The molecule has 0 fully saturated rings. The van der Waals surface area contributed by atoms with E-state index in [-0.39, 0.29) is 0 Å². The second-order valence-corrected chi connectivity index (χ2v) is 7.47. The number of rotatable bonds is 6. The molecule has 1 aromatic carbocycles. The van der Waals surface area contributed by atoms with Crippen molar-refractivity contribution in [3.05, 3.63) is 51.7 Å². The molecule has 7 heteroatoms. The number of fused-ring (bicyclic) bond motifs is 1. The first-order valence-electron chi connectivity index (χ1n) is 7.83. The van der Waals surface area contributed by atoms with Gasteiger partial charge < -0.3 is 10.0 Å². The molecule has 0 saturated heterocycles. The summed E-state index contributed by atoms with van der Waals surface area (Å²) in [5, 5.41) is 13.8. The third-order valence-electron chi connectivity index (χ3n) is 3.96. The first-order chi connectivity index (χ1) is 11.5. The molecule has 0 aliphatic rings. The molecule has 0 bridgehead atoms. The molecule has 1 unspecified atom stereocenters. The van der Waals surface area contributed by atoms with E-state index in [1.165, 1.54) is 11.3 Å². The number of aliphatic hydroxyl groups is 1. The van der Waals surface area contributed by atoms with Gasteiger partial charge in [0.2, 0.25) is 0 Å². The normalized spacial score (nSPS) is 12.7. The number of aromatic nitrogens is 2. The third-order valence-corrected chi connectivity index (χ3v) is 5.06. The van der Waals surface area contributed by atoms with Crippen LogP contribution in [0, 0.1) is 0 Å². The van der Waals surface area contributed by atoms with Crippen molar-refractivity contribution in [3.8, 4) is 0 Å². The molecule has 0 aliphatic carbocycles. The minimum absolute atomic E-state index is 0.573. The van der Waals surface area contributed by atoms with Gasteiger partial charge in [0, 0.05) is 32.5 Å². The lowest BCUT2D eigenvalue weighted by Crippen LogP contribution is -2.22. The van der Waals surface area contributed by atoms with E-state index in [0.717, 1.165) is 34.0 Å². The number of aliphatic hydroxyl groups excluding tert-OH is 1. The average molecular weight is 365 g/mol. The van der Waals surface area contributed by atoms with Crippen molar-refractivity contribution in [1.29, 1.82) is 0 Å². The fourth-order valence-electron chi connectivity index (χ4n) is 2.65. The van der Waals surface area contributed by atoms with Gasteiger partial charge in [-0.3, -0.25) is 9.72 Å². The van der Waals surface area contributed by atoms with Crippen molar-refractivity contribution in [2.75, 3.05) is 19.0 Å². The van der Waals surface area contributed by atoms with E-state index in [2.05, 4.69) is 39.5 Å². The Balaban J connectivity index is 1.76. The van der Waals surface area contributed by atoms with E-state index in [0.29, 0.717) is 10.9 Å². The first kappa shape index (κ1) is 17.2. The van der Waals surface area contributed by atoms with E-state index in [1.807, 2.05) is 25.4 Å². The summed E-state index contributed by atoms with van der Waals surface area (Å²) in [4.78, 5) is 7.42. The van der Waals surface area contributed by atoms with E-state index in [4.69, 9.17) is 11.6 Å². The largest absolute Gasteiger partial charge is 0.378 e. The van der Waals surface area contributed by atoms with E-state index in [9.17, 15) is 5.11 Å². The van der Waals surface area contributed by atoms with Gasteiger partial charge in [0.15, 0.2) is 4.96 Å². The summed E-state index contributed by atoms with van der Waals surface area (Å²) < 4.78 is 2.53. The predicted octanol–water partition coefficient (Wildman–Crippen LogP) is 3.46. The fraction of sp³-hybridized carbons (Fsp3) is 0.353. The Bertz CT molecular complexity index is 825. The van der Waals surface area contributed by atoms with Gasteiger partial charge in [0.25, 0.3) is 0 Å². The van der Waals surface area contributed by atoms with Crippen molar-refractivity contribution < 1.29 is 5.11 Å². The molecule has 0 radical (unpaired) electrons. The predicted molar refractivity (Wildman–Crippen MR) is 100 cm³/mol. The zero-order valence-electron chi connectivity index (χ0n) is 14.0. The van der Waals surface area contributed by atoms with Gasteiger partial charge in [-0.05, 0) is 24.1 Å². The second kappa shape index (κ2) is 7.11. The molecule has 2 heterocycles. The number of imidazole rings is 1. The molecule has 0 spiro atoms. The van der Waals surface area contributed by atoms with Crippen molar-refractivity contribution in [3.63, 3.8) is 0 Å². The Morgan fingerprint density at radius 3 is 2.67 bits per heavy atom. The highest BCUT2D eigenvalue weighted by molar-refractivity contribution is 7.20. The Morgan fingerprint density at radius 2 is 2.04 bits per heavy atom. The number of nitrogens with zero attached hydrogens (tertiary/aromatic N) is 3. The van der Waals surface area contributed by atoms with Crippen LogP contribution in [-0.4, -0.2) is 28.6 Å². The average Bonchev–Trinajstić information content (AvgIpc) is 3.08. The van der Waals surface area contributed by atoms with Gasteiger partial charge in [0.1, 0.15) is 10.6 Å². The van der Waals surface area contributed by atoms with Crippen LogP contribution in [0.5, 0.6) is 0 Å². The number of anilines is 1. The zero-order valence-corrected chi connectivity index (χ0v) is 15.5. The SMILES string of the molecule is CCc1nc2sc(Cl)cn2c1C(O)NCc1ccc(N(C)C)cc1. The van der Waals surface area contributed by atoms with Gasteiger partial charge in [-0.15, -0.1) is 0 Å². The maximum absolute atomic E-state index is 10.6. The van der Waals surface area contributed by atoms with Crippen molar-refractivity contribution in [2.24, 2.45) is 0 Å². The summed E-state index contributed by atoms with van der Waals surface area (Å²) in [6.45, 7) is 2.60. The summed E-state index contributed by atoms with van der Waals surface area (Å²) in [7, 11) is 4.03. The lowest BCUT2D eigenvalue weighted by Gasteiger charge is -2.15. The van der Waals surface area contributed by atoms with Crippen LogP contribution in [0.3, 0.4) is 0 Å². The van der Waals surface area contributed by atoms with Crippen molar-refractivity contribution in [2.45, 2.75) is 26.1 Å². The molecule has 3 rings (SSSR count). The Morgan fingerprint density at radius 1 is 1.33 bits per heavy atom. The molecule has 2 aromatic heterocycles. The molecule has 0 amide bonds. The molecule has 0 aliphatic heterocycles. The minimum Gasteiger partial charge on any atom is -0.378 e. The summed E-state index contributed by atoms with van der Waals surface area (Å²) in [6.07, 6.45) is 1.77. The number of nitrogens with one attached hydrogen (secondary N) is 1.